The second-order valence-electron chi connectivity index (χ2n) is 7.18. The van der Waals surface area contributed by atoms with Crippen LogP contribution in [0, 0.1) is 12.3 Å². The Morgan fingerprint density at radius 3 is 2.52 bits per heavy atom. The monoisotopic (exact) mass is 288 g/mol. The summed E-state index contributed by atoms with van der Waals surface area (Å²) in [6, 6.07) is 8.15. The normalized spacial score (nSPS) is 18.3. The fraction of sp³-hybridized carbons (Fsp3) is 0.611. The maximum absolute atomic E-state index is 12.7. The molecule has 116 valence electrons. The third kappa shape index (κ3) is 3.65. The minimum absolute atomic E-state index is 0.122. The Morgan fingerprint density at radius 2 is 1.90 bits per heavy atom. The minimum atomic E-state index is -0.491. The molecule has 0 bridgehead atoms. The zero-order chi connectivity index (χ0) is 15.5. The lowest BCUT2D eigenvalue weighted by Crippen LogP contribution is -2.47. The highest BCUT2D eigenvalue weighted by Crippen LogP contribution is 2.29. The van der Waals surface area contributed by atoms with Gasteiger partial charge in [-0.2, -0.15) is 0 Å². The van der Waals surface area contributed by atoms with Gasteiger partial charge >= 0.3 is 0 Å². The van der Waals surface area contributed by atoms with Crippen molar-refractivity contribution in [3.8, 4) is 0 Å². The summed E-state index contributed by atoms with van der Waals surface area (Å²) in [7, 11) is 0. The van der Waals surface area contributed by atoms with E-state index in [1.54, 1.807) is 0 Å². The van der Waals surface area contributed by atoms with Gasteiger partial charge in [0.05, 0.1) is 5.41 Å². The lowest BCUT2D eigenvalue weighted by Gasteiger charge is -2.35. The zero-order valence-electron chi connectivity index (χ0n) is 13.8. The molecule has 2 rings (SSSR count). The number of carbonyl (C=O) groups excluding carboxylic acids is 1. The van der Waals surface area contributed by atoms with Crippen LogP contribution < -0.4 is 10.6 Å². The highest BCUT2D eigenvalue weighted by Gasteiger charge is 2.33. The average Bonchev–Trinajstić information content (AvgIpc) is 2.46. The first-order valence-electron chi connectivity index (χ1n) is 7.90. The fourth-order valence-electron chi connectivity index (χ4n) is 3.12. The van der Waals surface area contributed by atoms with Crippen molar-refractivity contribution in [3.63, 3.8) is 0 Å². The molecule has 0 saturated carbocycles. The summed E-state index contributed by atoms with van der Waals surface area (Å²) in [5.41, 5.74) is 2.01. The molecular weight excluding hydrogens is 260 g/mol. The van der Waals surface area contributed by atoms with Gasteiger partial charge in [0.1, 0.15) is 0 Å². The largest absolute Gasteiger partial charge is 0.355 e. The summed E-state index contributed by atoms with van der Waals surface area (Å²) in [4.78, 5) is 12.7. The first-order valence-corrected chi connectivity index (χ1v) is 7.90. The van der Waals surface area contributed by atoms with E-state index in [9.17, 15) is 4.79 Å². The highest BCUT2D eigenvalue weighted by atomic mass is 16.2. The number of piperidine rings is 1. The molecule has 1 heterocycles. The predicted molar refractivity (Wildman–Crippen MR) is 87.4 cm³/mol. The molecule has 0 radical (unpaired) electrons. The molecule has 1 saturated heterocycles. The molecule has 1 fully saturated rings. The van der Waals surface area contributed by atoms with Crippen molar-refractivity contribution in [1.82, 2.24) is 10.6 Å². The van der Waals surface area contributed by atoms with Gasteiger partial charge in [0.25, 0.3) is 0 Å². The smallest absolute Gasteiger partial charge is 0.230 e. The topological polar surface area (TPSA) is 41.1 Å². The lowest BCUT2D eigenvalue weighted by molar-refractivity contribution is -0.126. The molecule has 1 amide bonds. The minimum Gasteiger partial charge on any atom is -0.355 e. The van der Waals surface area contributed by atoms with Crippen LogP contribution in [0.5, 0.6) is 0 Å². The molecule has 21 heavy (non-hydrogen) atoms. The quantitative estimate of drug-likeness (QED) is 0.894. The Morgan fingerprint density at radius 1 is 1.29 bits per heavy atom. The summed E-state index contributed by atoms with van der Waals surface area (Å²) < 4.78 is 0. The van der Waals surface area contributed by atoms with Gasteiger partial charge in [-0.3, -0.25) is 4.79 Å². The Labute approximate surface area is 128 Å². The van der Waals surface area contributed by atoms with Crippen molar-refractivity contribution in [2.75, 3.05) is 19.6 Å². The van der Waals surface area contributed by atoms with Gasteiger partial charge in [-0.1, -0.05) is 31.2 Å². The highest BCUT2D eigenvalue weighted by molar-refractivity contribution is 5.87. The molecule has 0 aromatic heterocycles. The molecule has 1 aliphatic rings. The number of hydrogen-bond donors (Lipinski definition) is 2. The summed E-state index contributed by atoms with van der Waals surface area (Å²) in [6.07, 6.45) is 2.25. The number of amides is 1. The maximum atomic E-state index is 12.7. The van der Waals surface area contributed by atoms with E-state index in [2.05, 4.69) is 36.6 Å². The van der Waals surface area contributed by atoms with Crippen LogP contribution in [-0.4, -0.2) is 25.5 Å². The molecule has 3 nitrogen and oxygen atoms in total. The number of hydrogen-bond acceptors (Lipinski definition) is 2. The first kappa shape index (κ1) is 16.0. The van der Waals surface area contributed by atoms with Gasteiger partial charge in [0, 0.05) is 6.54 Å². The maximum Gasteiger partial charge on any atom is 0.230 e. The third-order valence-corrected chi connectivity index (χ3v) is 4.87. The first-order chi connectivity index (χ1) is 9.85. The lowest BCUT2D eigenvalue weighted by atomic mass is 9.79. The van der Waals surface area contributed by atoms with E-state index < -0.39 is 5.41 Å². The Hall–Kier alpha value is -1.35. The Balaban J connectivity index is 2.03. The summed E-state index contributed by atoms with van der Waals surface area (Å²) in [6.45, 7) is 11.2. The van der Waals surface area contributed by atoms with Crippen LogP contribution in [0.4, 0.5) is 0 Å². The molecule has 1 aliphatic heterocycles. The number of rotatable bonds is 4. The van der Waals surface area contributed by atoms with Crippen molar-refractivity contribution >= 4 is 5.91 Å². The van der Waals surface area contributed by atoms with Crippen LogP contribution in [-0.2, 0) is 10.2 Å². The van der Waals surface area contributed by atoms with Crippen molar-refractivity contribution in [3.05, 3.63) is 35.4 Å². The molecule has 0 spiro atoms. The summed E-state index contributed by atoms with van der Waals surface area (Å²) in [5, 5.41) is 6.57. The summed E-state index contributed by atoms with van der Waals surface area (Å²) >= 11 is 0. The Kier molecular flexibility index (Phi) is 4.72. The van der Waals surface area contributed by atoms with Crippen LogP contribution in [0.15, 0.2) is 24.3 Å². The van der Waals surface area contributed by atoms with Gasteiger partial charge in [-0.05, 0) is 63.2 Å². The van der Waals surface area contributed by atoms with Crippen LogP contribution in [0.1, 0.15) is 44.7 Å². The number of aryl methyl sites for hydroxylation is 1. The van der Waals surface area contributed by atoms with Gasteiger partial charge in [-0.15, -0.1) is 0 Å². The second-order valence-corrected chi connectivity index (χ2v) is 7.18. The molecule has 0 aliphatic carbocycles. The molecule has 3 heteroatoms. The molecular formula is C18H28N2O. The number of nitrogens with one attached hydrogen (secondary N) is 2. The van der Waals surface area contributed by atoms with E-state index in [4.69, 9.17) is 0 Å². The molecule has 0 atom stereocenters. The van der Waals surface area contributed by atoms with Gasteiger partial charge < -0.3 is 10.6 Å². The van der Waals surface area contributed by atoms with E-state index in [-0.39, 0.29) is 11.3 Å². The second kappa shape index (κ2) is 6.18. The van der Waals surface area contributed by atoms with E-state index in [0.29, 0.717) is 0 Å². The SMILES string of the molecule is Cc1ccccc1C(C)(C)C(=O)NCC1(C)CCNCC1. The summed E-state index contributed by atoms with van der Waals surface area (Å²) in [5.74, 6) is 0.122. The van der Waals surface area contributed by atoms with E-state index in [1.165, 1.54) is 5.56 Å². The third-order valence-electron chi connectivity index (χ3n) is 4.87. The van der Waals surface area contributed by atoms with Gasteiger partial charge in [0.15, 0.2) is 0 Å². The van der Waals surface area contributed by atoms with Crippen LogP contribution in [0.2, 0.25) is 0 Å². The number of benzene rings is 1. The van der Waals surface area contributed by atoms with E-state index in [0.717, 1.165) is 38.0 Å². The van der Waals surface area contributed by atoms with Crippen molar-refractivity contribution in [1.29, 1.82) is 0 Å². The number of carbonyl (C=O) groups is 1. The van der Waals surface area contributed by atoms with Gasteiger partial charge in [0.2, 0.25) is 5.91 Å². The van der Waals surface area contributed by atoms with Gasteiger partial charge in [-0.25, -0.2) is 0 Å². The van der Waals surface area contributed by atoms with Crippen molar-refractivity contribution in [2.45, 2.75) is 46.0 Å². The zero-order valence-corrected chi connectivity index (χ0v) is 13.8. The van der Waals surface area contributed by atoms with E-state index in [1.807, 2.05) is 26.0 Å². The van der Waals surface area contributed by atoms with Crippen molar-refractivity contribution in [2.24, 2.45) is 5.41 Å². The molecule has 1 aromatic rings. The van der Waals surface area contributed by atoms with Crippen LogP contribution in [0.3, 0.4) is 0 Å². The van der Waals surface area contributed by atoms with Crippen LogP contribution >= 0.6 is 0 Å². The Bertz CT molecular complexity index is 502. The van der Waals surface area contributed by atoms with Crippen molar-refractivity contribution < 1.29 is 4.79 Å². The van der Waals surface area contributed by atoms with E-state index >= 15 is 0 Å². The van der Waals surface area contributed by atoms with Crippen LogP contribution in [0.25, 0.3) is 0 Å². The fourth-order valence-corrected chi connectivity index (χ4v) is 3.12. The predicted octanol–water partition coefficient (Wildman–Crippen LogP) is 2.78. The molecule has 2 N–H and O–H groups in total. The standard InChI is InChI=1S/C18H28N2O/c1-14-7-5-6-8-15(14)17(2,3)16(21)20-13-18(4)9-11-19-12-10-18/h5-8,19H,9-13H2,1-4H3,(H,20,21). The molecule has 1 aromatic carbocycles. The average molecular weight is 288 g/mol. The molecule has 0 unspecified atom stereocenters.